The highest BCUT2D eigenvalue weighted by Crippen LogP contribution is 2.29. The van der Waals surface area contributed by atoms with E-state index in [1.807, 2.05) is 0 Å². The Kier molecular flexibility index (Phi) is 3.38. The van der Waals surface area contributed by atoms with Crippen molar-refractivity contribution in [2.45, 2.75) is 19.9 Å². The monoisotopic (exact) mass is 265 g/mol. The van der Waals surface area contributed by atoms with Crippen molar-refractivity contribution in [1.29, 1.82) is 0 Å². The van der Waals surface area contributed by atoms with E-state index in [0.717, 1.165) is 6.07 Å². The minimum Gasteiger partial charge on any atom is -0.477 e. The van der Waals surface area contributed by atoms with Crippen molar-refractivity contribution in [1.82, 2.24) is 4.57 Å². The molecular weight excluding hydrogens is 252 g/mol. The molecule has 0 atom stereocenters. The molecule has 1 aromatic carbocycles. The van der Waals surface area contributed by atoms with Gasteiger partial charge in [0.2, 0.25) is 0 Å². The van der Waals surface area contributed by atoms with Gasteiger partial charge in [-0.15, -0.1) is 0 Å². The van der Waals surface area contributed by atoms with Gasteiger partial charge in [0.15, 0.2) is 11.6 Å². The number of hydrogen-bond donors (Lipinski definition) is 1. The number of carbonyl (C=O) groups is 1. The van der Waals surface area contributed by atoms with Crippen LogP contribution in [0.15, 0.2) is 30.3 Å². The van der Waals surface area contributed by atoms with Crippen LogP contribution in [0.2, 0.25) is 0 Å². The predicted molar refractivity (Wildman–Crippen MR) is 67.1 cm³/mol. The zero-order valence-electron chi connectivity index (χ0n) is 10.5. The second-order valence-electron chi connectivity index (χ2n) is 4.47. The Bertz CT molecular complexity index is 632. The number of benzene rings is 1. The molecule has 0 radical (unpaired) electrons. The number of carboxylic acids is 1. The molecule has 5 heteroatoms. The van der Waals surface area contributed by atoms with Crippen LogP contribution in [0, 0.1) is 11.6 Å². The number of aromatic carboxylic acids is 1. The van der Waals surface area contributed by atoms with Gasteiger partial charge in [0.1, 0.15) is 5.69 Å². The summed E-state index contributed by atoms with van der Waals surface area (Å²) in [6.07, 6.45) is 0. The lowest BCUT2D eigenvalue weighted by atomic mass is 10.1. The standard InChI is InChI=1S/C14H13F2NO2/c1-8(2)17-11(6-7-12(17)14(18)19)9-4-3-5-10(15)13(9)16/h3-8H,1-2H3,(H,18,19). The van der Waals surface area contributed by atoms with Crippen LogP contribution in [0.3, 0.4) is 0 Å². The third-order valence-corrected chi connectivity index (χ3v) is 2.88. The minimum absolute atomic E-state index is 0.0497. The zero-order valence-corrected chi connectivity index (χ0v) is 10.5. The molecule has 2 rings (SSSR count). The quantitative estimate of drug-likeness (QED) is 0.919. The normalized spacial score (nSPS) is 11.0. The van der Waals surface area contributed by atoms with Crippen molar-refractivity contribution in [2.24, 2.45) is 0 Å². The first-order valence-corrected chi connectivity index (χ1v) is 5.82. The summed E-state index contributed by atoms with van der Waals surface area (Å²) in [6.45, 7) is 3.57. The lowest BCUT2D eigenvalue weighted by Gasteiger charge is -2.16. The average Bonchev–Trinajstić information content (AvgIpc) is 2.77. The zero-order chi connectivity index (χ0) is 14.2. The van der Waals surface area contributed by atoms with E-state index in [2.05, 4.69) is 0 Å². The Morgan fingerprint density at radius 1 is 1.21 bits per heavy atom. The van der Waals surface area contributed by atoms with Crippen molar-refractivity contribution in [3.8, 4) is 11.3 Å². The summed E-state index contributed by atoms with van der Waals surface area (Å²) in [6, 6.07) is 6.55. The van der Waals surface area contributed by atoms with E-state index in [1.54, 1.807) is 13.8 Å². The summed E-state index contributed by atoms with van der Waals surface area (Å²) in [5.41, 5.74) is 0.458. The largest absolute Gasteiger partial charge is 0.477 e. The van der Waals surface area contributed by atoms with Crippen molar-refractivity contribution in [3.63, 3.8) is 0 Å². The molecule has 0 fully saturated rings. The fourth-order valence-electron chi connectivity index (χ4n) is 2.10. The summed E-state index contributed by atoms with van der Waals surface area (Å²) < 4.78 is 28.5. The number of nitrogens with zero attached hydrogens (tertiary/aromatic N) is 1. The van der Waals surface area contributed by atoms with Gasteiger partial charge in [0.25, 0.3) is 0 Å². The topological polar surface area (TPSA) is 42.2 Å². The van der Waals surface area contributed by atoms with Crippen molar-refractivity contribution < 1.29 is 18.7 Å². The van der Waals surface area contributed by atoms with Gasteiger partial charge in [-0.1, -0.05) is 6.07 Å². The van der Waals surface area contributed by atoms with Gasteiger partial charge in [0, 0.05) is 11.6 Å². The van der Waals surface area contributed by atoms with Crippen LogP contribution < -0.4 is 0 Å². The van der Waals surface area contributed by atoms with Gasteiger partial charge >= 0.3 is 5.97 Å². The molecule has 3 nitrogen and oxygen atoms in total. The second kappa shape index (κ2) is 4.84. The molecule has 1 heterocycles. The molecule has 0 aliphatic carbocycles. The molecule has 0 unspecified atom stereocenters. The number of carboxylic acid groups (broad SMARTS) is 1. The number of aromatic nitrogens is 1. The van der Waals surface area contributed by atoms with Crippen molar-refractivity contribution in [2.75, 3.05) is 0 Å². The Morgan fingerprint density at radius 2 is 1.89 bits per heavy atom. The van der Waals surface area contributed by atoms with Crippen molar-refractivity contribution in [3.05, 3.63) is 47.7 Å². The van der Waals surface area contributed by atoms with E-state index in [-0.39, 0.29) is 17.3 Å². The molecule has 0 aliphatic heterocycles. The molecule has 0 spiro atoms. The van der Waals surface area contributed by atoms with Gasteiger partial charge in [0.05, 0.1) is 5.69 Å². The maximum absolute atomic E-state index is 13.8. The minimum atomic E-state index is -1.10. The lowest BCUT2D eigenvalue weighted by Crippen LogP contribution is -2.12. The molecular formula is C14H13F2NO2. The van der Waals surface area contributed by atoms with E-state index < -0.39 is 17.6 Å². The Balaban J connectivity index is 2.69. The van der Waals surface area contributed by atoms with Gasteiger partial charge in [-0.2, -0.15) is 0 Å². The summed E-state index contributed by atoms with van der Waals surface area (Å²) in [5.74, 6) is -3.03. The van der Waals surface area contributed by atoms with Gasteiger partial charge < -0.3 is 9.67 Å². The summed E-state index contributed by atoms with van der Waals surface area (Å²) in [7, 11) is 0. The predicted octanol–water partition coefficient (Wildman–Crippen LogP) is 3.71. The number of hydrogen-bond acceptors (Lipinski definition) is 1. The van der Waals surface area contributed by atoms with E-state index in [9.17, 15) is 13.6 Å². The highest BCUT2D eigenvalue weighted by Gasteiger charge is 2.20. The summed E-state index contributed by atoms with van der Waals surface area (Å²) >= 11 is 0. The molecule has 0 aliphatic rings. The highest BCUT2D eigenvalue weighted by molar-refractivity contribution is 5.87. The Morgan fingerprint density at radius 3 is 2.47 bits per heavy atom. The third-order valence-electron chi connectivity index (χ3n) is 2.88. The molecule has 0 saturated heterocycles. The van der Waals surface area contributed by atoms with Crippen molar-refractivity contribution >= 4 is 5.97 Å². The molecule has 0 amide bonds. The van der Waals surface area contributed by atoms with E-state index in [1.165, 1.54) is 28.8 Å². The van der Waals surface area contributed by atoms with Gasteiger partial charge in [-0.3, -0.25) is 0 Å². The third kappa shape index (κ3) is 2.23. The molecule has 100 valence electrons. The molecule has 2 aromatic rings. The van der Waals surface area contributed by atoms with Crippen LogP contribution in [0.4, 0.5) is 8.78 Å². The Hall–Kier alpha value is -2.17. The van der Waals surface area contributed by atoms with Crippen LogP contribution in [-0.2, 0) is 0 Å². The fourth-order valence-corrected chi connectivity index (χ4v) is 2.10. The molecule has 19 heavy (non-hydrogen) atoms. The molecule has 1 N–H and O–H groups in total. The first-order chi connectivity index (χ1) is 8.93. The maximum Gasteiger partial charge on any atom is 0.352 e. The van der Waals surface area contributed by atoms with Crippen LogP contribution in [0.1, 0.15) is 30.4 Å². The maximum atomic E-state index is 13.8. The molecule has 1 aromatic heterocycles. The number of halogens is 2. The van der Waals surface area contributed by atoms with Crippen LogP contribution in [0.25, 0.3) is 11.3 Å². The average molecular weight is 265 g/mol. The Labute approximate surface area is 109 Å². The fraction of sp³-hybridized carbons (Fsp3) is 0.214. The SMILES string of the molecule is CC(C)n1c(C(=O)O)ccc1-c1cccc(F)c1F. The smallest absolute Gasteiger partial charge is 0.352 e. The summed E-state index contributed by atoms with van der Waals surface area (Å²) in [5, 5.41) is 9.11. The van der Waals surface area contributed by atoms with E-state index in [4.69, 9.17) is 5.11 Å². The molecule has 0 saturated carbocycles. The molecule has 0 bridgehead atoms. The highest BCUT2D eigenvalue weighted by atomic mass is 19.2. The van der Waals surface area contributed by atoms with Crippen LogP contribution in [0.5, 0.6) is 0 Å². The summed E-state index contributed by atoms with van der Waals surface area (Å²) in [4.78, 5) is 11.1. The van der Waals surface area contributed by atoms with Gasteiger partial charge in [-0.05, 0) is 38.1 Å². The second-order valence-corrected chi connectivity index (χ2v) is 4.47. The lowest BCUT2D eigenvalue weighted by molar-refractivity contribution is 0.0683. The van der Waals surface area contributed by atoms with E-state index in [0.29, 0.717) is 5.69 Å². The van der Waals surface area contributed by atoms with Crippen LogP contribution >= 0.6 is 0 Å². The first kappa shape index (κ1) is 13.3. The van der Waals surface area contributed by atoms with E-state index >= 15 is 0 Å². The van der Waals surface area contributed by atoms with Gasteiger partial charge in [-0.25, -0.2) is 13.6 Å². The van der Waals surface area contributed by atoms with Crippen LogP contribution in [-0.4, -0.2) is 15.6 Å². The number of rotatable bonds is 3. The first-order valence-electron chi connectivity index (χ1n) is 5.82.